The third-order valence-corrected chi connectivity index (χ3v) is 17.3. The van der Waals surface area contributed by atoms with Gasteiger partial charge in [0.15, 0.2) is 0 Å². The molecule has 454 valence electrons. The van der Waals surface area contributed by atoms with E-state index >= 15 is 0 Å². The number of piperazine rings is 1. The van der Waals surface area contributed by atoms with Gasteiger partial charge in [0.25, 0.3) is 0 Å². The summed E-state index contributed by atoms with van der Waals surface area (Å²) >= 11 is 1.54. The summed E-state index contributed by atoms with van der Waals surface area (Å²) in [6.07, 6.45) is 3.12. The highest BCUT2D eigenvalue weighted by molar-refractivity contribution is 7.13. The van der Waals surface area contributed by atoms with Gasteiger partial charge in [-0.3, -0.25) is 19.3 Å². The maximum Gasteiger partial charge on any atom is 0.318 e. The monoisotopic (exact) mass is 1180 g/mol. The van der Waals surface area contributed by atoms with Crippen molar-refractivity contribution in [1.29, 1.82) is 0 Å². The van der Waals surface area contributed by atoms with Gasteiger partial charge in [0, 0.05) is 106 Å². The van der Waals surface area contributed by atoms with Gasteiger partial charge in [-0.15, -0.1) is 11.3 Å². The van der Waals surface area contributed by atoms with Crippen LogP contribution in [0.4, 0.5) is 11.5 Å². The fourth-order valence-corrected chi connectivity index (χ4v) is 12.8. The normalized spacial score (nSPS) is 18.4. The van der Waals surface area contributed by atoms with Crippen molar-refractivity contribution in [2.75, 3.05) is 108 Å². The van der Waals surface area contributed by atoms with Crippen molar-refractivity contribution in [1.82, 2.24) is 40.1 Å². The number of aryl methyl sites for hydroxylation is 2. The van der Waals surface area contributed by atoms with Crippen LogP contribution >= 0.6 is 11.3 Å². The summed E-state index contributed by atoms with van der Waals surface area (Å²) in [5.74, 6) is 0.627. The number of carbonyl (C=O) groups excluding carboxylic acids is 3. The zero-order valence-electron chi connectivity index (χ0n) is 49.5. The van der Waals surface area contributed by atoms with Gasteiger partial charge >= 0.3 is 6.01 Å². The topological polar surface area (TPSA) is 231 Å². The van der Waals surface area contributed by atoms with E-state index in [1.54, 1.807) is 19.1 Å². The van der Waals surface area contributed by atoms with Crippen LogP contribution in [0.1, 0.15) is 79.9 Å². The van der Waals surface area contributed by atoms with E-state index in [0.717, 1.165) is 94.1 Å². The summed E-state index contributed by atoms with van der Waals surface area (Å²) in [6.45, 7) is 22.0. The fourth-order valence-electron chi connectivity index (χ4n) is 12.0. The Hall–Kier alpha value is -7.21. The zero-order valence-corrected chi connectivity index (χ0v) is 50.3. The highest BCUT2D eigenvalue weighted by Crippen LogP contribution is 2.38. The number of amides is 3. The molecule has 7 heterocycles. The average Bonchev–Trinajstić information content (AvgIpc) is 3.41. The van der Waals surface area contributed by atoms with E-state index in [1.807, 2.05) is 73.6 Å². The van der Waals surface area contributed by atoms with Crippen LogP contribution in [0.5, 0.6) is 17.5 Å². The first kappa shape index (κ1) is 60.9. The van der Waals surface area contributed by atoms with Crippen molar-refractivity contribution in [3.63, 3.8) is 0 Å². The minimum absolute atomic E-state index is 0.0481. The van der Waals surface area contributed by atoms with Crippen LogP contribution in [0, 0.1) is 19.8 Å². The highest BCUT2D eigenvalue weighted by Gasteiger charge is 2.43. The Labute approximate surface area is 500 Å². The van der Waals surface area contributed by atoms with E-state index in [9.17, 15) is 24.6 Å². The largest absolute Gasteiger partial charge is 0.508 e. The van der Waals surface area contributed by atoms with Crippen LogP contribution in [0.25, 0.3) is 21.2 Å². The number of rotatable bonds is 25. The van der Waals surface area contributed by atoms with Crippen LogP contribution in [-0.2, 0) is 48.1 Å². The molecule has 0 unspecified atom stereocenters. The molecular formula is C63H80N10O11S. The van der Waals surface area contributed by atoms with Crippen LogP contribution in [-0.4, -0.2) is 186 Å². The Bertz CT molecular complexity index is 3270. The lowest BCUT2D eigenvalue weighted by molar-refractivity contribution is -0.141. The van der Waals surface area contributed by atoms with Crippen LogP contribution in [0.2, 0.25) is 0 Å². The third kappa shape index (κ3) is 15.1. The maximum absolute atomic E-state index is 14.0. The predicted octanol–water partition coefficient (Wildman–Crippen LogP) is 6.84. The predicted molar refractivity (Wildman–Crippen MR) is 323 cm³/mol. The number of thiazole rings is 1. The molecule has 4 aliphatic heterocycles. The van der Waals surface area contributed by atoms with Crippen molar-refractivity contribution in [2.45, 2.75) is 104 Å². The minimum atomic E-state index is -0.855. The number of nitrogens with one attached hydrogen (secondary N) is 1. The van der Waals surface area contributed by atoms with Crippen LogP contribution < -0.4 is 24.6 Å². The van der Waals surface area contributed by atoms with Gasteiger partial charge in [0.05, 0.1) is 79.3 Å². The number of hydrogen-bond acceptors (Lipinski definition) is 19. The quantitative estimate of drug-likeness (QED) is 0.0393. The molecule has 3 aromatic carbocycles. The first-order chi connectivity index (χ1) is 41.2. The summed E-state index contributed by atoms with van der Waals surface area (Å²) in [5, 5.41) is 30.4. The van der Waals surface area contributed by atoms with Crippen molar-refractivity contribution in [3.8, 4) is 28.0 Å². The first-order valence-electron chi connectivity index (χ1n) is 29.7. The number of carbonyl (C=O) groups is 3. The zero-order chi connectivity index (χ0) is 59.6. The lowest BCUT2D eigenvalue weighted by atomic mass is 9.91. The summed E-state index contributed by atoms with van der Waals surface area (Å²) < 4.78 is 36.4. The number of phenols is 1. The molecule has 0 spiro atoms. The number of piperidine rings is 1. The number of phenolic OH excluding ortho intramolecular Hbond substituents is 1. The van der Waals surface area contributed by atoms with E-state index in [2.05, 4.69) is 49.7 Å². The molecule has 3 saturated heterocycles. The molecule has 10 rings (SSSR count). The van der Waals surface area contributed by atoms with Gasteiger partial charge in [-0.05, 0) is 75.1 Å². The molecule has 4 atom stereocenters. The lowest BCUT2D eigenvalue weighted by Gasteiger charge is -2.38. The maximum atomic E-state index is 14.0. The van der Waals surface area contributed by atoms with Gasteiger partial charge < -0.3 is 63.3 Å². The number of aromatic hydroxyl groups is 1. The molecule has 0 aliphatic carbocycles. The van der Waals surface area contributed by atoms with Crippen molar-refractivity contribution >= 4 is 51.3 Å². The molecule has 0 bridgehead atoms. The second-order valence-corrected chi connectivity index (χ2v) is 23.7. The van der Waals surface area contributed by atoms with E-state index in [0.29, 0.717) is 95.5 Å². The molecule has 0 saturated carbocycles. The SMILES string of the molecule is C=CC(=O)N1CCN(c2nc(O[C@H](C)CN3CCC(OCCOCCOCCOc4cc(-c5scnc5C)ccc4CNC(=O)[C@@H]4C[C@@H](O)CN4C(=O)[C@H](c4cc(C)no4)C(C)C)CC3)nc3c2CCN(c2cc(O)cc4ccccc24)C3)CC1. The standard InChI is InChI=1S/C63H80N10O11S/c1-7-57(76)70-20-22-71(23-21-70)60-51-16-19-72(53-33-47(74)31-44-10-8-9-11-50(44)53)38-52(51)66-63(67-60)83-42(5)36-69-17-14-49(15-18-69)81-28-26-79-24-25-80-27-29-82-55-32-45(59-43(6)65-39-85-59)12-13-46(55)35-64-61(77)54-34-48(75)37-73(54)62(78)58(40(2)3)56-30-41(4)68-84-56/h7-13,30-33,39-40,42,48-49,54,58,74-75H,1,14-29,34-38H2,2-6H3,(H,64,77)/t42-,48-,54+,58+/m1/s1. The highest BCUT2D eigenvalue weighted by atomic mass is 32.1. The Morgan fingerprint density at radius 3 is 2.39 bits per heavy atom. The van der Waals surface area contributed by atoms with E-state index < -0.39 is 18.1 Å². The third-order valence-electron chi connectivity index (χ3n) is 16.3. The Morgan fingerprint density at radius 1 is 0.894 bits per heavy atom. The number of fused-ring (bicyclic) bond motifs is 2. The molecule has 3 fully saturated rings. The van der Waals surface area contributed by atoms with Gasteiger partial charge in [-0.1, -0.05) is 62.0 Å². The Morgan fingerprint density at radius 2 is 1.66 bits per heavy atom. The number of anilines is 2. The molecule has 3 N–H and O–H groups in total. The van der Waals surface area contributed by atoms with Crippen molar-refractivity contribution in [2.24, 2.45) is 5.92 Å². The van der Waals surface area contributed by atoms with Crippen LogP contribution in [0.15, 0.2) is 83.4 Å². The van der Waals surface area contributed by atoms with Gasteiger partial charge in [0.2, 0.25) is 17.7 Å². The summed E-state index contributed by atoms with van der Waals surface area (Å²) in [4.78, 5) is 66.0. The van der Waals surface area contributed by atoms with E-state index in [1.165, 1.54) is 22.3 Å². The Balaban J connectivity index is 0.649. The van der Waals surface area contributed by atoms with E-state index in [4.69, 9.17) is 38.2 Å². The molecule has 6 aromatic rings. The second kappa shape index (κ2) is 28.3. The molecule has 3 aromatic heterocycles. The summed E-state index contributed by atoms with van der Waals surface area (Å²) in [6, 6.07) is 18.8. The average molecular weight is 1190 g/mol. The van der Waals surface area contributed by atoms with Gasteiger partial charge in [-0.25, -0.2) is 4.98 Å². The number of likely N-dealkylation sites (tertiary alicyclic amines) is 2. The number of aliphatic hydroxyl groups excluding tert-OH is 1. The van der Waals surface area contributed by atoms with Gasteiger partial charge in [0.1, 0.15) is 47.7 Å². The molecule has 0 radical (unpaired) electrons. The van der Waals surface area contributed by atoms with E-state index in [-0.39, 0.29) is 67.7 Å². The Kier molecular flexibility index (Phi) is 20.3. The summed E-state index contributed by atoms with van der Waals surface area (Å²) in [7, 11) is 0. The number of aromatic nitrogens is 4. The molecule has 4 aliphatic rings. The number of β-amino-alcohol motifs (C(OH)–C–C–N with tert-alkyl or cyclic N) is 1. The molecule has 22 heteroatoms. The fraction of sp³-hybridized carbons (Fsp3) is 0.508. The van der Waals surface area contributed by atoms with Crippen molar-refractivity contribution in [3.05, 3.63) is 113 Å². The molecule has 21 nitrogen and oxygen atoms in total. The molecule has 3 amide bonds. The molecular weight excluding hydrogens is 1100 g/mol. The number of ether oxygens (including phenoxy) is 5. The number of benzene rings is 3. The van der Waals surface area contributed by atoms with Crippen LogP contribution in [0.3, 0.4) is 0 Å². The molecule has 85 heavy (non-hydrogen) atoms. The smallest absolute Gasteiger partial charge is 0.318 e. The second-order valence-electron chi connectivity index (χ2n) is 22.8. The summed E-state index contributed by atoms with van der Waals surface area (Å²) in [5.41, 5.74) is 8.02. The first-order valence-corrected chi connectivity index (χ1v) is 30.6. The van der Waals surface area contributed by atoms with Gasteiger partial charge in [-0.2, -0.15) is 9.97 Å². The minimum Gasteiger partial charge on any atom is -0.508 e. The van der Waals surface area contributed by atoms with Crippen molar-refractivity contribution < 1.29 is 52.8 Å². The number of nitrogens with zero attached hydrogens (tertiary/aromatic N) is 9. The number of aliphatic hydroxyl groups is 1. The number of hydrogen-bond donors (Lipinski definition) is 3. The lowest BCUT2D eigenvalue weighted by Crippen LogP contribution is -2.49.